The number of amides is 1. The Morgan fingerprint density at radius 3 is 2.39 bits per heavy atom. The quantitative estimate of drug-likeness (QED) is 0.509. The molecule has 7 nitrogen and oxygen atoms in total. The number of hydrogen-bond acceptors (Lipinski definition) is 7. The van der Waals surface area contributed by atoms with Crippen LogP contribution in [0.4, 0.5) is 5.13 Å². The van der Waals surface area contributed by atoms with Gasteiger partial charge in [-0.3, -0.25) is 10.1 Å². The highest BCUT2D eigenvalue weighted by molar-refractivity contribution is 7.14. The molecule has 0 unspecified atom stereocenters. The van der Waals surface area contributed by atoms with E-state index in [1.807, 2.05) is 29.6 Å². The molecule has 1 amide bonds. The highest BCUT2D eigenvalue weighted by Crippen LogP contribution is 2.33. The number of methoxy groups -OCH3 is 2. The van der Waals surface area contributed by atoms with E-state index in [9.17, 15) is 9.59 Å². The summed E-state index contributed by atoms with van der Waals surface area (Å²) in [7, 11) is 3.13. The summed E-state index contributed by atoms with van der Waals surface area (Å²) in [5, 5.41) is 4.88. The van der Waals surface area contributed by atoms with Crippen molar-refractivity contribution in [2.45, 2.75) is 19.8 Å². The van der Waals surface area contributed by atoms with Crippen LogP contribution in [0.2, 0.25) is 0 Å². The summed E-state index contributed by atoms with van der Waals surface area (Å²) in [4.78, 5) is 28.7. The number of esters is 1. The fraction of sp³-hybridized carbons (Fsp3) is 0.261. The Labute approximate surface area is 185 Å². The van der Waals surface area contributed by atoms with Crippen molar-refractivity contribution in [1.82, 2.24) is 4.98 Å². The number of ether oxygens (including phenoxy) is 3. The second kappa shape index (κ2) is 10.1. The van der Waals surface area contributed by atoms with E-state index in [-0.39, 0.29) is 0 Å². The molecule has 1 N–H and O–H groups in total. The number of carbonyl (C=O) groups excluding carboxylic acids is 2. The Morgan fingerprint density at radius 1 is 1.03 bits per heavy atom. The summed E-state index contributed by atoms with van der Waals surface area (Å²) in [6, 6.07) is 12.6. The molecule has 0 saturated carbocycles. The van der Waals surface area contributed by atoms with Gasteiger partial charge in [-0.25, -0.2) is 9.78 Å². The lowest BCUT2D eigenvalue weighted by atomic mass is 10.0. The summed E-state index contributed by atoms with van der Waals surface area (Å²) >= 11 is 1.28. The van der Waals surface area contributed by atoms with E-state index in [0.29, 0.717) is 33.8 Å². The van der Waals surface area contributed by atoms with Gasteiger partial charge < -0.3 is 14.2 Å². The van der Waals surface area contributed by atoms with Crippen LogP contribution in [-0.4, -0.2) is 37.7 Å². The van der Waals surface area contributed by atoms with Gasteiger partial charge in [-0.2, -0.15) is 0 Å². The molecule has 0 aliphatic heterocycles. The number of nitrogens with zero attached hydrogens (tertiary/aromatic N) is 1. The largest absolute Gasteiger partial charge is 0.493 e. The summed E-state index contributed by atoms with van der Waals surface area (Å²) in [5.74, 6) is 0.580. The maximum atomic E-state index is 12.2. The van der Waals surface area contributed by atoms with Crippen LogP contribution in [0.3, 0.4) is 0 Å². The molecule has 0 radical (unpaired) electrons. The van der Waals surface area contributed by atoms with E-state index in [1.165, 1.54) is 11.3 Å². The standard InChI is InChI=1S/C23H24N2O5S/c1-14(2)15-5-7-16(8-6-15)22(27)30-12-21(26)25-23-24-18(13-31-23)17-9-10-19(28-3)20(11-17)29-4/h5-11,13-14H,12H2,1-4H3,(H,24,25,26). The topological polar surface area (TPSA) is 86.8 Å². The van der Waals surface area contributed by atoms with Crippen molar-refractivity contribution >= 4 is 28.3 Å². The van der Waals surface area contributed by atoms with Gasteiger partial charge in [0.15, 0.2) is 23.2 Å². The van der Waals surface area contributed by atoms with Crippen LogP contribution in [0, 0.1) is 0 Å². The van der Waals surface area contributed by atoms with Gasteiger partial charge in [-0.1, -0.05) is 26.0 Å². The van der Waals surface area contributed by atoms with E-state index >= 15 is 0 Å². The van der Waals surface area contributed by atoms with Gasteiger partial charge in [-0.15, -0.1) is 11.3 Å². The molecule has 3 rings (SSSR count). The normalized spacial score (nSPS) is 10.6. The third-order valence-corrected chi connectivity index (χ3v) is 5.33. The van der Waals surface area contributed by atoms with Gasteiger partial charge in [0, 0.05) is 10.9 Å². The highest BCUT2D eigenvalue weighted by Gasteiger charge is 2.14. The lowest BCUT2D eigenvalue weighted by Gasteiger charge is -2.08. The van der Waals surface area contributed by atoms with Crippen LogP contribution in [0.15, 0.2) is 47.8 Å². The first-order valence-electron chi connectivity index (χ1n) is 9.66. The van der Waals surface area contributed by atoms with Crippen LogP contribution in [0.5, 0.6) is 11.5 Å². The zero-order valence-corrected chi connectivity index (χ0v) is 18.6. The number of thiazole rings is 1. The fourth-order valence-corrected chi connectivity index (χ4v) is 3.57. The molecule has 3 aromatic rings. The van der Waals surface area contributed by atoms with Crippen molar-refractivity contribution in [2.24, 2.45) is 0 Å². The molecule has 31 heavy (non-hydrogen) atoms. The summed E-state index contributed by atoms with van der Waals surface area (Å²) in [6.07, 6.45) is 0. The zero-order valence-electron chi connectivity index (χ0n) is 17.8. The minimum Gasteiger partial charge on any atom is -0.493 e. The lowest BCUT2D eigenvalue weighted by molar-refractivity contribution is -0.119. The van der Waals surface area contributed by atoms with Crippen molar-refractivity contribution in [2.75, 3.05) is 26.1 Å². The summed E-state index contributed by atoms with van der Waals surface area (Å²) < 4.78 is 15.7. The molecule has 2 aromatic carbocycles. The maximum Gasteiger partial charge on any atom is 0.338 e. The number of rotatable bonds is 8. The first-order valence-corrected chi connectivity index (χ1v) is 10.5. The number of hydrogen-bond donors (Lipinski definition) is 1. The van der Waals surface area contributed by atoms with E-state index < -0.39 is 18.5 Å². The van der Waals surface area contributed by atoms with Crippen LogP contribution < -0.4 is 14.8 Å². The van der Waals surface area contributed by atoms with Gasteiger partial charge in [0.1, 0.15) is 0 Å². The third-order valence-electron chi connectivity index (χ3n) is 4.58. The molecule has 8 heteroatoms. The Bertz CT molecular complexity index is 1060. The molecule has 0 aliphatic carbocycles. The lowest BCUT2D eigenvalue weighted by Crippen LogP contribution is -2.20. The first kappa shape index (κ1) is 22.3. The predicted molar refractivity (Wildman–Crippen MR) is 120 cm³/mol. The highest BCUT2D eigenvalue weighted by atomic mass is 32.1. The van der Waals surface area contributed by atoms with Crippen molar-refractivity contribution in [3.05, 3.63) is 59.0 Å². The van der Waals surface area contributed by atoms with Gasteiger partial charge in [-0.05, 0) is 41.8 Å². The molecule has 0 spiro atoms. The average molecular weight is 441 g/mol. The number of benzene rings is 2. The van der Waals surface area contributed by atoms with Crippen molar-refractivity contribution in [3.63, 3.8) is 0 Å². The Balaban J connectivity index is 1.57. The summed E-state index contributed by atoms with van der Waals surface area (Å²) in [6.45, 7) is 3.76. The van der Waals surface area contributed by atoms with Crippen LogP contribution in [0.25, 0.3) is 11.3 Å². The number of aromatic nitrogens is 1. The molecule has 0 aliphatic rings. The molecule has 0 bridgehead atoms. The fourth-order valence-electron chi connectivity index (χ4n) is 2.83. The van der Waals surface area contributed by atoms with Crippen LogP contribution in [0.1, 0.15) is 35.7 Å². The van der Waals surface area contributed by atoms with E-state index in [4.69, 9.17) is 14.2 Å². The second-order valence-electron chi connectivity index (χ2n) is 7.01. The van der Waals surface area contributed by atoms with E-state index in [2.05, 4.69) is 24.1 Å². The van der Waals surface area contributed by atoms with Crippen LogP contribution >= 0.6 is 11.3 Å². The number of anilines is 1. The van der Waals surface area contributed by atoms with E-state index in [1.54, 1.807) is 32.4 Å². The minimum atomic E-state index is -0.546. The van der Waals surface area contributed by atoms with Crippen LogP contribution in [-0.2, 0) is 9.53 Å². The van der Waals surface area contributed by atoms with Gasteiger partial charge in [0.05, 0.1) is 25.5 Å². The Hall–Kier alpha value is -3.39. The number of nitrogens with one attached hydrogen (secondary N) is 1. The molecule has 162 valence electrons. The van der Waals surface area contributed by atoms with Gasteiger partial charge in [0.25, 0.3) is 5.91 Å². The maximum absolute atomic E-state index is 12.2. The predicted octanol–water partition coefficient (Wildman–Crippen LogP) is 4.75. The average Bonchev–Trinajstić information content (AvgIpc) is 3.25. The Kier molecular flexibility index (Phi) is 7.25. The molecule has 0 saturated heterocycles. The molecule has 0 fully saturated rings. The molecular weight excluding hydrogens is 416 g/mol. The molecule has 1 aromatic heterocycles. The SMILES string of the molecule is COc1ccc(-c2csc(NC(=O)COC(=O)c3ccc(C(C)C)cc3)n2)cc1OC. The van der Waals surface area contributed by atoms with Crippen molar-refractivity contribution in [1.29, 1.82) is 0 Å². The van der Waals surface area contributed by atoms with Crippen molar-refractivity contribution in [3.8, 4) is 22.8 Å². The van der Waals surface area contributed by atoms with Crippen molar-refractivity contribution < 1.29 is 23.8 Å². The molecular formula is C23H24N2O5S. The smallest absolute Gasteiger partial charge is 0.338 e. The van der Waals surface area contributed by atoms with Gasteiger partial charge in [0.2, 0.25) is 0 Å². The minimum absolute atomic E-state index is 0.373. The molecule has 1 heterocycles. The van der Waals surface area contributed by atoms with Gasteiger partial charge >= 0.3 is 5.97 Å². The van der Waals surface area contributed by atoms with E-state index in [0.717, 1.165) is 11.1 Å². The monoisotopic (exact) mass is 440 g/mol. The number of carbonyl (C=O) groups is 2. The first-order chi connectivity index (χ1) is 14.9. The molecule has 0 atom stereocenters. The Morgan fingerprint density at radius 2 is 1.74 bits per heavy atom. The summed E-state index contributed by atoms with van der Waals surface area (Å²) in [5.41, 5.74) is 3.04. The zero-order chi connectivity index (χ0) is 22.4. The third kappa shape index (κ3) is 5.61. The second-order valence-corrected chi connectivity index (χ2v) is 7.87.